The van der Waals surface area contributed by atoms with Gasteiger partial charge in [0.15, 0.2) is 6.23 Å². The molecule has 18 heavy (non-hydrogen) atoms. The molecule has 0 radical (unpaired) electrons. The van der Waals surface area contributed by atoms with Crippen LogP contribution in [0.15, 0.2) is 30.3 Å². The zero-order valence-corrected chi connectivity index (χ0v) is 11.7. The molecule has 0 saturated heterocycles. The van der Waals surface area contributed by atoms with Gasteiger partial charge in [-0.25, -0.2) is 4.57 Å². The van der Waals surface area contributed by atoms with Crippen molar-refractivity contribution in [3.63, 3.8) is 0 Å². The van der Waals surface area contributed by atoms with Crippen LogP contribution in [0.4, 0.5) is 0 Å². The molecule has 0 aromatic heterocycles. The van der Waals surface area contributed by atoms with Gasteiger partial charge in [0.2, 0.25) is 0 Å². The summed E-state index contributed by atoms with van der Waals surface area (Å²) in [5.41, 5.74) is 5.65. The number of rotatable bonds is 6. The lowest BCUT2D eigenvalue weighted by atomic mass is 10.3. The molecular formula is C11H20N2O4P+. The second kappa shape index (κ2) is 5.82. The largest absolute Gasteiger partial charge is 0.529 e. The molecule has 1 aromatic rings. The van der Waals surface area contributed by atoms with Gasteiger partial charge in [0, 0.05) is 0 Å². The van der Waals surface area contributed by atoms with E-state index >= 15 is 0 Å². The summed E-state index contributed by atoms with van der Waals surface area (Å²) in [5.74, 6) is 0.265. The van der Waals surface area contributed by atoms with E-state index in [9.17, 15) is 9.46 Å². The number of nitrogens with two attached hydrogens (primary N) is 1. The van der Waals surface area contributed by atoms with Gasteiger partial charge in [0.05, 0.1) is 21.1 Å². The molecule has 0 bridgehead atoms. The van der Waals surface area contributed by atoms with Gasteiger partial charge in [-0.1, -0.05) is 18.2 Å². The van der Waals surface area contributed by atoms with E-state index in [4.69, 9.17) is 14.8 Å². The van der Waals surface area contributed by atoms with Crippen molar-refractivity contribution in [1.82, 2.24) is 0 Å². The van der Waals surface area contributed by atoms with Gasteiger partial charge in [-0.3, -0.25) is 9.42 Å². The topological polar surface area (TPSA) is 81.8 Å². The van der Waals surface area contributed by atoms with Crippen molar-refractivity contribution in [2.45, 2.75) is 6.23 Å². The predicted octanol–water partition coefficient (Wildman–Crippen LogP) is 1.17. The number of hydrogen-bond donors (Lipinski definition) is 2. The molecule has 6 nitrogen and oxygen atoms in total. The van der Waals surface area contributed by atoms with E-state index in [2.05, 4.69) is 0 Å². The lowest BCUT2D eigenvalue weighted by Crippen LogP contribution is -2.45. The highest BCUT2D eigenvalue weighted by Crippen LogP contribution is 2.44. The predicted molar refractivity (Wildman–Crippen MR) is 68.9 cm³/mol. The monoisotopic (exact) mass is 275 g/mol. The fraction of sp³-hybridized carbons (Fsp3) is 0.455. The summed E-state index contributed by atoms with van der Waals surface area (Å²) in [6.07, 6.45) is -0.871. The fourth-order valence-electron chi connectivity index (χ4n) is 1.38. The van der Waals surface area contributed by atoms with E-state index in [0.29, 0.717) is 11.0 Å². The van der Waals surface area contributed by atoms with Gasteiger partial charge in [0.1, 0.15) is 12.3 Å². The second-order valence-corrected chi connectivity index (χ2v) is 6.32. The van der Waals surface area contributed by atoms with Crippen LogP contribution in [0.2, 0.25) is 0 Å². The number of phosphoric ester groups is 1. The number of phosphoric acid groups is 1. The highest BCUT2D eigenvalue weighted by atomic mass is 31.2. The quantitative estimate of drug-likeness (QED) is 0.463. The summed E-state index contributed by atoms with van der Waals surface area (Å²) in [4.78, 5) is 9.56. The summed E-state index contributed by atoms with van der Waals surface area (Å²) < 4.78 is 22.0. The van der Waals surface area contributed by atoms with Crippen LogP contribution < -0.4 is 10.3 Å². The lowest BCUT2D eigenvalue weighted by Gasteiger charge is -2.27. The Morgan fingerprint density at radius 3 is 2.39 bits per heavy atom. The first-order chi connectivity index (χ1) is 8.18. The van der Waals surface area contributed by atoms with E-state index in [1.54, 1.807) is 30.3 Å². The Balaban J connectivity index is 2.57. The van der Waals surface area contributed by atoms with Crippen LogP contribution in [0.25, 0.3) is 0 Å². The Kier molecular flexibility index (Phi) is 4.90. The molecule has 1 rings (SSSR count). The number of hydrogen-bond acceptors (Lipinski definition) is 4. The number of likely N-dealkylation sites (N-methyl/N-ethyl adjacent to an activating group) is 1. The highest BCUT2D eigenvalue weighted by molar-refractivity contribution is 7.47. The van der Waals surface area contributed by atoms with Crippen molar-refractivity contribution >= 4 is 7.82 Å². The van der Waals surface area contributed by atoms with Crippen LogP contribution in [-0.4, -0.2) is 43.3 Å². The summed E-state index contributed by atoms with van der Waals surface area (Å²) in [6.45, 7) is 0.392. The molecule has 0 heterocycles. The smallest absolute Gasteiger partial charge is 0.404 e. The zero-order valence-electron chi connectivity index (χ0n) is 10.8. The zero-order chi connectivity index (χ0) is 13.8. The van der Waals surface area contributed by atoms with Crippen molar-refractivity contribution in [2.24, 2.45) is 5.73 Å². The highest BCUT2D eigenvalue weighted by Gasteiger charge is 2.29. The van der Waals surface area contributed by atoms with Gasteiger partial charge in [-0.15, -0.1) is 0 Å². The average molecular weight is 275 g/mol. The molecule has 7 heteroatoms. The standard InChI is InChI=1S/C11H19N2O4P/c1-13(2,3)9-11(12)17-18(14,15)16-10-7-5-4-6-8-10/h4-8,11H,9,12H2,1-3H3/p+1. The summed E-state index contributed by atoms with van der Waals surface area (Å²) in [5, 5.41) is 0. The first kappa shape index (κ1) is 15.1. The van der Waals surface area contributed by atoms with Gasteiger partial charge in [-0.2, -0.15) is 0 Å². The van der Waals surface area contributed by atoms with Crippen LogP contribution >= 0.6 is 7.82 Å². The maximum Gasteiger partial charge on any atom is 0.529 e. The van der Waals surface area contributed by atoms with Gasteiger partial charge >= 0.3 is 7.82 Å². The minimum atomic E-state index is -4.19. The first-order valence-electron chi connectivity index (χ1n) is 5.50. The second-order valence-electron chi connectivity index (χ2n) is 4.99. The number of benzene rings is 1. The SMILES string of the molecule is C[N+](C)(C)CC(N)OP(=O)(O)Oc1ccccc1. The Hall–Kier alpha value is -0.910. The number of quaternary nitrogens is 1. The van der Waals surface area contributed by atoms with Crippen LogP contribution in [-0.2, 0) is 9.09 Å². The third kappa shape index (κ3) is 6.14. The van der Waals surface area contributed by atoms with Crippen LogP contribution in [0.5, 0.6) is 5.75 Å². The van der Waals surface area contributed by atoms with Gasteiger partial charge in [0.25, 0.3) is 0 Å². The normalized spacial score (nSPS) is 16.9. The molecule has 0 aliphatic carbocycles. The molecule has 3 N–H and O–H groups in total. The average Bonchev–Trinajstić information content (AvgIpc) is 2.13. The van der Waals surface area contributed by atoms with Crippen LogP contribution in [0.1, 0.15) is 0 Å². The fourth-order valence-corrected chi connectivity index (χ4v) is 2.22. The minimum Gasteiger partial charge on any atom is -0.404 e. The van der Waals surface area contributed by atoms with Crippen molar-refractivity contribution < 1.29 is 23.0 Å². The third-order valence-electron chi connectivity index (χ3n) is 1.96. The van der Waals surface area contributed by atoms with Crippen LogP contribution in [0.3, 0.4) is 0 Å². The first-order valence-corrected chi connectivity index (χ1v) is 6.99. The maximum absolute atomic E-state index is 11.7. The Morgan fingerprint density at radius 1 is 1.33 bits per heavy atom. The van der Waals surface area contributed by atoms with Gasteiger partial charge in [-0.05, 0) is 12.1 Å². The number of nitrogens with zero attached hydrogens (tertiary/aromatic N) is 1. The Labute approximate surface area is 107 Å². The van der Waals surface area contributed by atoms with Gasteiger partial charge < -0.3 is 14.7 Å². The molecular weight excluding hydrogens is 255 g/mol. The summed E-state index contributed by atoms with van der Waals surface area (Å²) >= 11 is 0. The molecule has 2 atom stereocenters. The lowest BCUT2D eigenvalue weighted by molar-refractivity contribution is -0.873. The molecule has 2 unspecified atom stereocenters. The Morgan fingerprint density at radius 2 is 1.89 bits per heavy atom. The maximum atomic E-state index is 11.7. The van der Waals surface area contributed by atoms with E-state index in [-0.39, 0.29) is 5.75 Å². The molecule has 0 fully saturated rings. The molecule has 0 saturated carbocycles. The van der Waals surface area contributed by atoms with Crippen molar-refractivity contribution in [1.29, 1.82) is 0 Å². The summed E-state index contributed by atoms with van der Waals surface area (Å²) in [7, 11) is 1.53. The van der Waals surface area contributed by atoms with Crippen LogP contribution in [0, 0.1) is 0 Å². The van der Waals surface area contributed by atoms with Crippen molar-refractivity contribution in [3.8, 4) is 5.75 Å². The van der Waals surface area contributed by atoms with E-state index < -0.39 is 14.1 Å². The molecule has 1 aromatic carbocycles. The summed E-state index contributed by atoms with van der Waals surface area (Å²) in [6, 6.07) is 8.30. The molecule has 0 amide bonds. The number of para-hydroxylation sites is 1. The molecule has 0 aliphatic rings. The minimum absolute atomic E-state index is 0.265. The molecule has 102 valence electrons. The van der Waals surface area contributed by atoms with E-state index in [1.807, 2.05) is 21.1 Å². The van der Waals surface area contributed by atoms with Crippen molar-refractivity contribution in [3.05, 3.63) is 30.3 Å². The molecule has 0 aliphatic heterocycles. The van der Waals surface area contributed by atoms with E-state index in [0.717, 1.165) is 0 Å². The van der Waals surface area contributed by atoms with E-state index in [1.165, 1.54) is 0 Å². The Bertz CT molecular complexity index is 419. The third-order valence-corrected chi connectivity index (χ3v) is 2.94. The molecule has 0 spiro atoms. The van der Waals surface area contributed by atoms with Crippen molar-refractivity contribution in [2.75, 3.05) is 27.7 Å².